The van der Waals surface area contributed by atoms with E-state index in [0.29, 0.717) is 12.2 Å². The van der Waals surface area contributed by atoms with Crippen molar-refractivity contribution in [2.45, 2.75) is 31.8 Å². The zero-order chi connectivity index (χ0) is 21.6. The molecule has 1 atom stereocenters. The number of benzene rings is 2. The third-order valence-electron chi connectivity index (χ3n) is 4.21. The van der Waals surface area contributed by atoms with Gasteiger partial charge in [0.25, 0.3) is 15.9 Å². The van der Waals surface area contributed by atoms with Gasteiger partial charge in [-0.3, -0.25) is 9.10 Å². The molecular weight excluding hydrogens is 392 g/mol. The van der Waals surface area contributed by atoms with Crippen molar-refractivity contribution in [1.29, 1.82) is 0 Å². The number of esters is 1. The van der Waals surface area contributed by atoms with E-state index in [0.717, 1.165) is 0 Å². The molecule has 0 bridgehead atoms. The van der Waals surface area contributed by atoms with Crippen molar-refractivity contribution in [3.05, 3.63) is 60.2 Å². The topological polar surface area (TPSA) is 92.8 Å². The summed E-state index contributed by atoms with van der Waals surface area (Å²) in [4.78, 5) is 24.2. The summed E-state index contributed by atoms with van der Waals surface area (Å²) < 4.78 is 31.9. The smallest absolute Gasteiger partial charge is 0.338 e. The molecule has 0 aromatic heterocycles. The first kappa shape index (κ1) is 22.4. The highest BCUT2D eigenvalue weighted by molar-refractivity contribution is 7.92. The summed E-state index contributed by atoms with van der Waals surface area (Å²) in [6.45, 7) is 5.90. The monoisotopic (exact) mass is 418 g/mol. The lowest BCUT2D eigenvalue weighted by molar-refractivity contribution is -0.129. The summed E-state index contributed by atoms with van der Waals surface area (Å²) in [5, 5.41) is 2.69. The summed E-state index contributed by atoms with van der Waals surface area (Å²) in [6.07, 6.45) is -0.950. The molecule has 1 amide bonds. The number of nitrogens with one attached hydrogen (secondary N) is 1. The van der Waals surface area contributed by atoms with Gasteiger partial charge in [0.05, 0.1) is 16.1 Å². The minimum absolute atomic E-state index is 0.0446. The number of nitrogens with zero attached hydrogens (tertiary/aromatic N) is 1. The van der Waals surface area contributed by atoms with Gasteiger partial charge in [-0.2, -0.15) is 0 Å². The van der Waals surface area contributed by atoms with Gasteiger partial charge in [0.1, 0.15) is 0 Å². The highest BCUT2D eigenvalue weighted by Gasteiger charge is 2.23. The minimum atomic E-state index is -3.77. The summed E-state index contributed by atoms with van der Waals surface area (Å²) in [7, 11) is -2.31. The lowest BCUT2D eigenvalue weighted by atomic mass is 10.2. The van der Waals surface area contributed by atoms with E-state index in [1.54, 1.807) is 30.3 Å². The number of ether oxygens (including phenoxy) is 1. The molecule has 0 fully saturated rings. The molecule has 0 unspecified atom stereocenters. The van der Waals surface area contributed by atoms with E-state index in [4.69, 9.17) is 4.74 Å². The van der Waals surface area contributed by atoms with E-state index in [9.17, 15) is 18.0 Å². The molecule has 0 radical (unpaired) electrons. The highest BCUT2D eigenvalue weighted by atomic mass is 32.2. The number of hydrogen-bond acceptors (Lipinski definition) is 5. The van der Waals surface area contributed by atoms with Crippen molar-refractivity contribution in [3.8, 4) is 0 Å². The molecule has 2 rings (SSSR count). The van der Waals surface area contributed by atoms with Crippen LogP contribution in [0.15, 0.2) is 59.5 Å². The number of sulfonamides is 1. The Morgan fingerprint density at radius 1 is 1.00 bits per heavy atom. The van der Waals surface area contributed by atoms with Gasteiger partial charge in [0, 0.05) is 13.6 Å². The second-order valence-corrected chi connectivity index (χ2v) is 8.99. The van der Waals surface area contributed by atoms with Gasteiger partial charge in [-0.15, -0.1) is 0 Å². The molecule has 7 nitrogen and oxygen atoms in total. The van der Waals surface area contributed by atoms with Crippen LogP contribution in [-0.2, 0) is 19.6 Å². The maximum absolute atomic E-state index is 12.8. The number of carbonyl (C=O) groups is 2. The molecule has 156 valence electrons. The SMILES string of the molecule is CC(C)CNC(=O)[C@@H](C)OC(=O)c1ccc(S(=O)(=O)N(C)c2ccccc2)cc1. The molecule has 2 aromatic carbocycles. The molecule has 0 heterocycles. The molecule has 2 aromatic rings. The predicted octanol–water partition coefficient (Wildman–Crippen LogP) is 2.83. The molecule has 0 saturated carbocycles. The Bertz CT molecular complexity index is 941. The molecule has 0 aliphatic rings. The van der Waals surface area contributed by atoms with Crippen LogP contribution in [-0.4, -0.2) is 40.0 Å². The summed E-state index contributed by atoms with van der Waals surface area (Å²) >= 11 is 0. The van der Waals surface area contributed by atoms with Gasteiger partial charge in [-0.25, -0.2) is 13.2 Å². The normalized spacial score (nSPS) is 12.3. The number of rotatable bonds is 8. The van der Waals surface area contributed by atoms with Crippen molar-refractivity contribution < 1.29 is 22.7 Å². The Balaban J connectivity index is 2.07. The number of amides is 1. The summed E-state index contributed by atoms with van der Waals surface area (Å²) in [5.74, 6) is -0.793. The molecule has 0 saturated heterocycles. The standard InChI is InChI=1S/C21H26N2O5S/c1-15(2)14-22-20(24)16(3)28-21(25)17-10-12-19(13-11-17)29(26,27)23(4)18-8-6-5-7-9-18/h5-13,15-16H,14H2,1-4H3,(H,22,24)/t16-/m1/s1. The predicted molar refractivity (Wildman–Crippen MR) is 111 cm³/mol. The van der Waals surface area contributed by atoms with Gasteiger partial charge in [-0.1, -0.05) is 32.0 Å². The molecule has 8 heteroatoms. The average Bonchev–Trinajstić information content (AvgIpc) is 2.71. The lowest BCUT2D eigenvalue weighted by Crippen LogP contribution is -2.37. The van der Waals surface area contributed by atoms with Crippen LogP contribution in [0.1, 0.15) is 31.1 Å². The maximum atomic E-state index is 12.8. The van der Waals surface area contributed by atoms with Crippen LogP contribution < -0.4 is 9.62 Å². The third kappa shape index (κ3) is 5.80. The van der Waals surface area contributed by atoms with E-state index in [1.165, 1.54) is 42.5 Å². The Labute approximate surface area is 171 Å². The van der Waals surface area contributed by atoms with E-state index < -0.39 is 22.1 Å². The summed E-state index contributed by atoms with van der Waals surface area (Å²) in [5.41, 5.74) is 0.687. The number of hydrogen-bond donors (Lipinski definition) is 1. The molecule has 0 aliphatic heterocycles. The maximum Gasteiger partial charge on any atom is 0.338 e. The van der Waals surface area contributed by atoms with Gasteiger partial charge in [0.2, 0.25) is 0 Å². The Morgan fingerprint density at radius 2 is 1.59 bits per heavy atom. The van der Waals surface area contributed by atoms with Gasteiger partial charge >= 0.3 is 5.97 Å². The first-order chi connectivity index (χ1) is 13.6. The number of carbonyl (C=O) groups excluding carboxylic acids is 2. The zero-order valence-electron chi connectivity index (χ0n) is 17.0. The van der Waals surface area contributed by atoms with Crippen LogP contribution in [0.25, 0.3) is 0 Å². The number of para-hydroxylation sites is 1. The van der Waals surface area contributed by atoms with Gasteiger partial charge in [-0.05, 0) is 49.2 Å². The van der Waals surface area contributed by atoms with E-state index in [-0.39, 0.29) is 22.3 Å². The van der Waals surface area contributed by atoms with Crippen LogP contribution >= 0.6 is 0 Å². The third-order valence-corrected chi connectivity index (χ3v) is 6.01. The Hall–Kier alpha value is -2.87. The van der Waals surface area contributed by atoms with Crippen LogP contribution in [0.4, 0.5) is 5.69 Å². The van der Waals surface area contributed by atoms with Gasteiger partial charge < -0.3 is 10.1 Å². The van der Waals surface area contributed by atoms with Crippen LogP contribution in [0.5, 0.6) is 0 Å². The lowest BCUT2D eigenvalue weighted by Gasteiger charge is -2.19. The van der Waals surface area contributed by atoms with Crippen molar-refractivity contribution in [2.24, 2.45) is 5.92 Å². The molecule has 1 N–H and O–H groups in total. The second kappa shape index (κ2) is 9.56. The van der Waals surface area contributed by atoms with E-state index in [1.807, 2.05) is 13.8 Å². The van der Waals surface area contributed by atoms with E-state index in [2.05, 4.69) is 5.32 Å². The number of anilines is 1. The fraction of sp³-hybridized carbons (Fsp3) is 0.333. The fourth-order valence-corrected chi connectivity index (χ4v) is 3.62. The van der Waals surface area contributed by atoms with Crippen molar-refractivity contribution in [3.63, 3.8) is 0 Å². The van der Waals surface area contributed by atoms with Crippen LogP contribution in [0.3, 0.4) is 0 Å². The average molecular weight is 419 g/mol. The first-order valence-electron chi connectivity index (χ1n) is 9.25. The molecule has 0 spiro atoms. The minimum Gasteiger partial charge on any atom is -0.449 e. The fourth-order valence-electron chi connectivity index (χ4n) is 2.43. The quantitative estimate of drug-likeness (QED) is 0.666. The van der Waals surface area contributed by atoms with Crippen molar-refractivity contribution in [1.82, 2.24) is 5.32 Å². The zero-order valence-corrected chi connectivity index (χ0v) is 17.8. The summed E-state index contributed by atoms with van der Waals surface area (Å²) in [6, 6.07) is 14.1. The van der Waals surface area contributed by atoms with Gasteiger partial charge in [0.15, 0.2) is 6.10 Å². The van der Waals surface area contributed by atoms with Crippen LogP contribution in [0, 0.1) is 5.92 Å². The van der Waals surface area contributed by atoms with E-state index >= 15 is 0 Å². The van der Waals surface area contributed by atoms with Crippen molar-refractivity contribution in [2.75, 3.05) is 17.9 Å². The Morgan fingerprint density at radius 3 is 2.14 bits per heavy atom. The molecule has 29 heavy (non-hydrogen) atoms. The first-order valence-corrected chi connectivity index (χ1v) is 10.7. The van der Waals surface area contributed by atoms with Crippen molar-refractivity contribution >= 4 is 27.6 Å². The molecule has 0 aliphatic carbocycles. The Kier molecular flexibility index (Phi) is 7.39. The second-order valence-electron chi connectivity index (χ2n) is 7.02. The largest absolute Gasteiger partial charge is 0.449 e. The van der Waals surface area contributed by atoms with Crippen LogP contribution in [0.2, 0.25) is 0 Å². The highest BCUT2D eigenvalue weighted by Crippen LogP contribution is 2.22. The molecular formula is C21H26N2O5S.